The van der Waals surface area contributed by atoms with E-state index in [0.29, 0.717) is 41.6 Å². The van der Waals surface area contributed by atoms with Gasteiger partial charge in [0.15, 0.2) is 11.5 Å². The molecule has 36 heavy (non-hydrogen) atoms. The second-order valence-corrected chi connectivity index (χ2v) is 8.82. The van der Waals surface area contributed by atoms with Gasteiger partial charge in [0, 0.05) is 17.7 Å². The first-order valence-corrected chi connectivity index (χ1v) is 12.1. The zero-order valence-electron chi connectivity index (χ0n) is 20.4. The number of phenolic OH excluding ortho intramolecular Hbond substituents is 1. The van der Waals surface area contributed by atoms with Crippen LogP contribution in [-0.2, 0) is 6.61 Å². The Labute approximate surface area is 210 Å². The van der Waals surface area contributed by atoms with E-state index in [4.69, 9.17) is 9.47 Å². The van der Waals surface area contributed by atoms with Gasteiger partial charge in [-0.05, 0) is 41.8 Å². The van der Waals surface area contributed by atoms with E-state index >= 15 is 0 Å². The van der Waals surface area contributed by atoms with Gasteiger partial charge >= 0.3 is 0 Å². The van der Waals surface area contributed by atoms with Crippen molar-refractivity contribution in [2.45, 2.75) is 32.4 Å². The maximum absolute atomic E-state index is 13.4. The summed E-state index contributed by atoms with van der Waals surface area (Å²) in [6.45, 7) is 3.13. The zero-order chi connectivity index (χ0) is 25.1. The summed E-state index contributed by atoms with van der Waals surface area (Å²) in [6, 6.07) is 22.4. The van der Waals surface area contributed by atoms with Crippen LogP contribution >= 0.6 is 0 Å². The van der Waals surface area contributed by atoms with Crippen molar-refractivity contribution in [3.05, 3.63) is 95.2 Å². The molecule has 2 N–H and O–H groups in total. The number of benzene rings is 3. The Bertz CT molecular complexity index is 1370. The summed E-state index contributed by atoms with van der Waals surface area (Å²) in [7, 11) is 1.61. The highest BCUT2D eigenvalue weighted by atomic mass is 16.5. The molecule has 1 aromatic heterocycles. The maximum atomic E-state index is 13.4. The Kier molecular flexibility index (Phi) is 6.62. The normalized spacial score (nSPS) is 14.7. The maximum Gasteiger partial charge on any atom is 0.273 e. The van der Waals surface area contributed by atoms with Gasteiger partial charge in [0.25, 0.3) is 5.91 Å². The second-order valence-electron chi connectivity index (χ2n) is 8.82. The molecule has 3 aromatic carbocycles. The lowest BCUT2D eigenvalue weighted by molar-refractivity contribution is 0.0741. The summed E-state index contributed by atoms with van der Waals surface area (Å²) in [5.74, 6) is 1.24. The standard InChI is InChI=1S/C29H29N3O4/c1-3-4-16-32-28(25-26(30-31-27(25)29(32)34)21-12-8-9-13-22(21)33)20-14-15-23(24(17-20)35-2)36-18-19-10-6-5-7-11-19/h5-15,17,28,33H,3-4,16,18H2,1-2H3,(H,30,31)/t28-/m0/s1. The van der Waals surface area contributed by atoms with Crippen LogP contribution in [0, 0.1) is 0 Å². The molecule has 1 aliphatic rings. The SMILES string of the molecule is CCCCN1C(=O)c2[nH]nc(-c3ccccc3O)c2[C@@H]1c1ccc(OCc2ccccc2)c(OC)c1. The number of phenols is 1. The molecule has 0 fully saturated rings. The minimum absolute atomic E-state index is 0.0963. The zero-order valence-corrected chi connectivity index (χ0v) is 20.4. The molecular formula is C29H29N3O4. The van der Waals surface area contributed by atoms with Gasteiger partial charge < -0.3 is 19.5 Å². The fourth-order valence-electron chi connectivity index (χ4n) is 4.69. The molecule has 4 aromatic rings. The predicted molar refractivity (Wildman–Crippen MR) is 137 cm³/mol. The summed E-state index contributed by atoms with van der Waals surface area (Å²) >= 11 is 0. The van der Waals surface area contributed by atoms with Crippen molar-refractivity contribution in [3.63, 3.8) is 0 Å². The third-order valence-electron chi connectivity index (χ3n) is 6.52. The van der Waals surface area contributed by atoms with Crippen LogP contribution in [0.1, 0.15) is 53.0 Å². The van der Waals surface area contributed by atoms with Crippen LogP contribution in [0.4, 0.5) is 0 Å². The van der Waals surface area contributed by atoms with Gasteiger partial charge in [0.2, 0.25) is 0 Å². The van der Waals surface area contributed by atoms with Crippen molar-refractivity contribution < 1.29 is 19.4 Å². The van der Waals surface area contributed by atoms with E-state index in [2.05, 4.69) is 17.1 Å². The lowest BCUT2D eigenvalue weighted by Crippen LogP contribution is -2.30. The van der Waals surface area contributed by atoms with Gasteiger partial charge in [-0.1, -0.05) is 61.9 Å². The molecule has 184 valence electrons. The number of H-pyrrole nitrogens is 1. The van der Waals surface area contributed by atoms with E-state index < -0.39 is 0 Å². The summed E-state index contributed by atoms with van der Waals surface area (Å²) in [5.41, 5.74) is 4.32. The first-order chi connectivity index (χ1) is 17.6. The highest BCUT2D eigenvalue weighted by Crippen LogP contribution is 2.46. The number of methoxy groups -OCH3 is 1. The number of carbonyl (C=O) groups is 1. The average Bonchev–Trinajstić information content (AvgIpc) is 3.45. The van der Waals surface area contributed by atoms with Crippen LogP contribution in [0.3, 0.4) is 0 Å². The number of aromatic nitrogens is 2. The molecule has 2 heterocycles. The number of unbranched alkanes of at least 4 members (excludes halogenated alkanes) is 1. The largest absolute Gasteiger partial charge is 0.507 e. The van der Waals surface area contributed by atoms with E-state index in [1.807, 2.05) is 65.6 Å². The van der Waals surface area contributed by atoms with Crippen LogP contribution in [0.25, 0.3) is 11.3 Å². The Hall–Kier alpha value is -4.26. The van der Waals surface area contributed by atoms with Crippen molar-refractivity contribution in [3.8, 4) is 28.5 Å². The molecule has 5 rings (SSSR count). The van der Waals surface area contributed by atoms with E-state index in [9.17, 15) is 9.90 Å². The molecule has 0 saturated carbocycles. The highest BCUT2D eigenvalue weighted by molar-refractivity contribution is 6.00. The van der Waals surface area contributed by atoms with Crippen LogP contribution in [0.2, 0.25) is 0 Å². The molecule has 0 spiro atoms. The number of para-hydroxylation sites is 1. The minimum atomic E-state index is -0.371. The van der Waals surface area contributed by atoms with Crippen molar-refractivity contribution in [2.75, 3.05) is 13.7 Å². The predicted octanol–water partition coefficient (Wildman–Crippen LogP) is 5.72. The molecule has 1 atom stereocenters. The molecule has 0 aliphatic carbocycles. The summed E-state index contributed by atoms with van der Waals surface area (Å²) in [4.78, 5) is 15.3. The fourth-order valence-corrected chi connectivity index (χ4v) is 4.69. The van der Waals surface area contributed by atoms with Gasteiger partial charge in [0.05, 0.1) is 13.2 Å². The molecule has 7 heteroatoms. The first-order valence-electron chi connectivity index (χ1n) is 12.1. The monoisotopic (exact) mass is 483 g/mol. The summed E-state index contributed by atoms with van der Waals surface area (Å²) in [6.07, 6.45) is 1.84. The van der Waals surface area contributed by atoms with Gasteiger partial charge in [-0.3, -0.25) is 9.89 Å². The summed E-state index contributed by atoms with van der Waals surface area (Å²) in [5, 5.41) is 17.9. The van der Waals surface area contributed by atoms with Crippen molar-refractivity contribution in [2.24, 2.45) is 0 Å². The highest BCUT2D eigenvalue weighted by Gasteiger charge is 2.42. The van der Waals surface area contributed by atoms with E-state index in [0.717, 1.165) is 29.5 Å². The van der Waals surface area contributed by atoms with Crippen LogP contribution < -0.4 is 9.47 Å². The molecular weight excluding hydrogens is 454 g/mol. The second kappa shape index (κ2) is 10.2. The number of hydrogen-bond acceptors (Lipinski definition) is 5. The molecule has 1 amide bonds. The van der Waals surface area contributed by atoms with Crippen molar-refractivity contribution >= 4 is 5.91 Å². The third kappa shape index (κ3) is 4.28. The Morgan fingerprint density at radius 1 is 1.03 bits per heavy atom. The number of nitrogens with one attached hydrogen (secondary N) is 1. The molecule has 0 saturated heterocycles. The van der Waals surface area contributed by atoms with E-state index in [-0.39, 0.29) is 17.7 Å². The van der Waals surface area contributed by atoms with Gasteiger partial charge in [0.1, 0.15) is 23.7 Å². The van der Waals surface area contributed by atoms with Crippen LogP contribution in [0.5, 0.6) is 17.2 Å². The molecule has 0 unspecified atom stereocenters. The van der Waals surface area contributed by atoms with Crippen LogP contribution in [-0.4, -0.2) is 39.8 Å². The average molecular weight is 484 g/mol. The first kappa shape index (κ1) is 23.5. The number of amides is 1. The van der Waals surface area contributed by atoms with Gasteiger partial charge in [-0.2, -0.15) is 5.10 Å². The molecule has 0 bridgehead atoms. The lowest BCUT2D eigenvalue weighted by atomic mass is 9.95. The van der Waals surface area contributed by atoms with Crippen molar-refractivity contribution in [1.82, 2.24) is 15.1 Å². The number of rotatable bonds is 9. The molecule has 1 aliphatic heterocycles. The van der Waals surface area contributed by atoms with Gasteiger partial charge in [-0.25, -0.2) is 0 Å². The third-order valence-corrected chi connectivity index (χ3v) is 6.52. The fraction of sp³-hybridized carbons (Fsp3) is 0.241. The quantitative estimate of drug-likeness (QED) is 0.318. The van der Waals surface area contributed by atoms with E-state index in [1.165, 1.54) is 0 Å². The minimum Gasteiger partial charge on any atom is -0.507 e. The number of aromatic amines is 1. The lowest BCUT2D eigenvalue weighted by Gasteiger charge is -2.27. The van der Waals surface area contributed by atoms with Gasteiger partial charge in [-0.15, -0.1) is 0 Å². The Balaban J connectivity index is 1.55. The Morgan fingerprint density at radius 2 is 1.81 bits per heavy atom. The summed E-state index contributed by atoms with van der Waals surface area (Å²) < 4.78 is 11.7. The number of nitrogens with zero attached hydrogens (tertiary/aromatic N) is 2. The number of carbonyl (C=O) groups excluding carboxylic acids is 1. The molecule has 7 nitrogen and oxygen atoms in total. The number of fused-ring (bicyclic) bond motifs is 1. The van der Waals surface area contributed by atoms with Crippen LogP contribution in [0.15, 0.2) is 72.8 Å². The Morgan fingerprint density at radius 3 is 2.56 bits per heavy atom. The molecule has 0 radical (unpaired) electrons. The van der Waals surface area contributed by atoms with Crippen molar-refractivity contribution in [1.29, 1.82) is 0 Å². The van der Waals surface area contributed by atoms with E-state index in [1.54, 1.807) is 19.2 Å². The number of hydrogen-bond donors (Lipinski definition) is 2. The number of aromatic hydroxyl groups is 1. The smallest absolute Gasteiger partial charge is 0.273 e. The number of ether oxygens (including phenoxy) is 2. The topological polar surface area (TPSA) is 87.7 Å².